The van der Waals surface area contributed by atoms with E-state index in [1.165, 1.54) is 16.2 Å². The maximum absolute atomic E-state index is 12.8. The smallest absolute Gasteiger partial charge is 0.259 e. The van der Waals surface area contributed by atoms with Crippen molar-refractivity contribution in [2.75, 3.05) is 10.6 Å². The summed E-state index contributed by atoms with van der Waals surface area (Å²) in [7, 11) is 0. The molecule has 6 heteroatoms. The molecule has 0 atom stereocenters. The van der Waals surface area contributed by atoms with Crippen LogP contribution in [0.1, 0.15) is 47.5 Å². The van der Waals surface area contributed by atoms with Gasteiger partial charge in [0.25, 0.3) is 5.91 Å². The molecule has 2 heterocycles. The lowest BCUT2D eigenvalue weighted by atomic mass is 9.95. The van der Waals surface area contributed by atoms with Crippen LogP contribution in [0.15, 0.2) is 24.5 Å². The third kappa shape index (κ3) is 3.48. The van der Waals surface area contributed by atoms with E-state index >= 15 is 0 Å². The van der Waals surface area contributed by atoms with Crippen LogP contribution in [0.5, 0.6) is 0 Å². The van der Waals surface area contributed by atoms with Crippen molar-refractivity contribution in [2.24, 2.45) is 5.92 Å². The number of rotatable bonds is 4. The normalized spacial score (nSPS) is 13.5. The van der Waals surface area contributed by atoms with Crippen LogP contribution in [0.25, 0.3) is 0 Å². The van der Waals surface area contributed by atoms with E-state index < -0.39 is 0 Å². The highest BCUT2D eigenvalue weighted by molar-refractivity contribution is 7.17. The zero-order valence-electron chi connectivity index (χ0n) is 13.9. The maximum Gasteiger partial charge on any atom is 0.259 e. The summed E-state index contributed by atoms with van der Waals surface area (Å²) in [5, 5.41) is 6.50. The molecule has 5 nitrogen and oxygen atoms in total. The van der Waals surface area contributed by atoms with E-state index in [9.17, 15) is 9.59 Å². The van der Waals surface area contributed by atoms with Gasteiger partial charge < -0.3 is 10.6 Å². The SMILES string of the molecule is CC(C)C(=O)Nc1sc2c(c1C(=O)Nc1cccnc1)CCCC2. The molecule has 0 fully saturated rings. The minimum atomic E-state index is -0.179. The Hall–Kier alpha value is -2.21. The highest BCUT2D eigenvalue weighted by atomic mass is 32.1. The predicted octanol–water partition coefficient (Wildman–Crippen LogP) is 3.87. The molecule has 1 aliphatic carbocycles. The summed E-state index contributed by atoms with van der Waals surface area (Å²) in [4.78, 5) is 30.2. The number of pyridine rings is 1. The van der Waals surface area contributed by atoms with Gasteiger partial charge in [0.2, 0.25) is 5.91 Å². The minimum absolute atomic E-state index is 0.0657. The summed E-state index contributed by atoms with van der Waals surface area (Å²) in [5.41, 5.74) is 2.36. The Morgan fingerprint density at radius 1 is 1.21 bits per heavy atom. The predicted molar refractivity (Wildman–Crippen MR) is 96.6 cm³/mol. The fourth-order valence-electron chi connectivity index (χ4n) is 2.78. The monoisotopic (exact) mass is 343 g/mol. The Balaban J connectivity index is 1.93. The number of nitrogens with one attached hydrogen (secondary N) is 2. The van der Waals surface area contributed by atoms with E-state index in [2.05, 4.69) is 15.6 Å². The van der Waals surface area contributed by atoms with E-state index in [0.29, 0.717) is 16.3 Å². The molecule has 0 unspecified atom stereocenters. The van der Waals surface area contributed by atoms with Gasteiger partial charge >= 0.3 is 0 Å². The molecular weight excluding hydrogens is 322 g/mol. The molecule has 126 valence electrons. The lowest BCUT2D eigenvalue weighted by Crippen LogP contribution is -2.21. The third-order valence-corrected chi connectivity index (χ3v) is 5.29. The number of hydrogen-bond acceptors (Lipinski definition) is 4. The third-order valence-electron chi connectivity index (χ3n) is 4.08. The van der Waals surface area contributed by atoms with Crippen LogP contribution in [0.3, 0.4) is 0 Å². The first-order valence-electron chi connectivity index (χ1n) is 8.23. The number of thiophene rings is 1. The number of fused-ring (bicyclic) bond motifs is 1. The molecule has 0 aliphatic heterocycles. The molecule has 2 amide bonds. The average Bonchev–Trinajstić information content (AvgIpc) is 2.93. The number of carbonyl (C=O) groups is 2. The van der Waals surface area contributed by atoms with Gasteiger partial charge in [-0.25, -0.2) is 0 Å². The molecule has 0 saturated carbocycles. The molecule has 3 rings (SSSR count). The molecule has 2 N–H and O–H groups in total. The molecule has 0 bridgehead atoms. The van der Waals surface area contributed by atoms with Gasteiger partial charge in [-0.2, -0.15) is 0 Å². The summed E-state index contributed by atoms with van der Waals surface area (Å²) < 4.78 is 0. The molecule has 24 heavy (non-hydrogen) atoms. The first-order chi connectivity index (χ1) is 11.6. The molecule has 0 saturated heterocycles. The molecule has 0 aromatic carbocycles. The summed E-state index contributed by atoms with van der Waals surface area (Å²) >= 11 is 1.54. The van der Waals surface area contributed by atoms with Gasteiger partial charge in [-0.05, 0) is 43.4 Å². The number of anilines is 2. The molecule has 0 radical (unpaired) electrons. The van der Waals surface area contributed by atoms with E-state index in [1.807, 2.05) is 13.8 Å². The van der Waals surface area contributed by atoms with Gasteiger partial charge in [-0.1, -0.05) is 13.8 Å². The Morgan fingerprint density at radius 3 is 2.71 bits per heavy atom. The Kier molecular flexibility index (Phi) is 4.94. The van der Waals surface area contributed by atoms with Crippen molar-refractivity contribution < 1.29 is 9.59 Å². The summed E-state index contributed by atoms with van der Waals surface area (Å²) in [6, 6.07) is 3.58. The Bertz CT molecular complexity index is 753. The topological polar surface area (TPSA) is 71.1 Å². The number of nitrogens with zero attached hydrogens (tertiary/aromatic N) is 1. The molecule has 1 aliphatic rings. The number of amides is 2. The second-order valence-corrected chi connectivity index (χ2v) is 7.36. The summed E-state index contributed by atoms with van der Waals surface area (Å²) in [6.45, 7) is 3.69. The van der Waals surface area contributed by atoms with Crippen molar-refractivity contribution in [3.8, 4) is 0 Å². The zero-order chi connectivity index (χ0) is 17.1. The minimum Gasteiger partial charge on any atom is -0.320 e. The quantitative estimate of drug-likeness (QED) is 0.885. The fourth-order valence-corrected chi connectivity index (χ4v) is 4.07. The van der Waals surface area contributed by atoms with Crippen LogP contribution in [0.4, 0.5) is 10.7 Å². The van der Waals surface area contributed by atoms with E-state index in [4.69, 9.17) is 0 Å². The fraction of sp³-hybridized carbons (Fsp3) is 0.389. The van der Waals surface area contributed by atoms with Crippen molar-refractivity contribution >= 4 is 33.8 Å². The van der Waals surface area contributed by atoms with Gasteiger partial charge in [-0.3, -0.25) is 14.6 Å². The summed E-state index contributed by atoms with van der Waals surface area (Å²) in [5.74, 6) is -0.371. The van der Waals surface area contributed by atoms with Gasteiger partial charge in [0, 0.05) is 17.0 Å². The van der Waals surface area contributed by atoms with Crippen molar-refractivity contribution in [1.82, 2.24) is 4.98 Å². The Morgan fingerprint density at radius 2 is 2.00 bits per heavy atom. The van der Waals surface area contributed by atoms with Gasteiger partial charge in [0.05, 0.1) is 17.4 Å². The maximum atomic E-state index is 12.8. The molecule has 2 aromatic heterocycles. The standard InChI is InChI=1S/C18H21N3O2S/c1-11(2)16(22)21-18-15(13-7-3-4-8-14(13)24-18)17(23)20-12-6-5-9-19-10-12/h5-6,9-11H,3-4,7-8H2,1-2H3,(H,20,23)(H,21,22). The lowest BCUT2D eigenvalue weighted by molar-refractivity contribution is -0.118. The average molecular weight is 343 g/mol. The second-order valence-electron chi connectivity index (χ2n) is 6.25. The van der Waals surface area contributed by atoms with Crippen LogP contribution in [-0.2, 0) is 17.6 Å². The van der Waals surface area contributed by atoms with E-state index in [-0.39, 0.29) is 17.7 Å². The molecule has 2 aromatic rings. The van der Waals surface area contributed by atoms with Crippen molar-refractivity contribution in [2.45, 2.75) is 39.5 Å². The van der Waals surface area contributed by atoms with Crippen LogP contribution >= 0.6 is 11.3 Å². The van der Waals surface area contributed by atoms with Crippen LogP contribution in [-0.4, -0.2) is 16.8 Å². The highest BCUT2D eigenvalue weighted by Crippen LogP contribution is 2.38. The summed E-state index contributed by atoms with van der Waals surface area (Å²) in [6.07, 6.45) is 7.35. The van der Waals surface area contributed by atoms with Crippen LogP contribution in [0.2, 0.25) is 0 Å². The Labute approximate surface area is 145 Å². The van der Waals surface area contributed by atoms with Gasteiger partial charge in [0.1, 0.15) is 5.00 Å². The molecular formula is C18H21N3O2S. The van der Waals surface area contributed by atoms with E-state index in [0.717, 1.165) is 31.2 Å². The van der Waals surface area contributed by atoms with E-state index in [1.54, 1.807) is 24.5 Å². The first-order valence-corrected chi connectivity index (χ1v) is 9.04. The highest BCUT2D eigenvalue weighted by Gasteiger charge is 2.26. The van der Waals surface area contributed by atoms with Crippen molar-refractivity contribution in [1.29, 1.82) is 0 Å². The largest absolute Gasteiger partial charge is 0.320 e. The molecule has 0 spiro atoms. The number of carbonyl (C=O) groups excluding carboxylic acids is 2. The van der Waals surface area contributed by atoms with Crippen LogP contribution in [0, 0.1) is 5.92 Å². The van der Waals surface area contributed by atoms with Gasteiger partial charge in [-0.15, -0.1) is 11.3 Å². The zero-order valence-corrected chi connectivity index (χ0v) is 14.7. The van der Waals surface area contributed by atoms with Crippen molar-refractivity contribution in [3.05, 3.63) is 40.5 Å². The lowest BCUT2D eigenvalue weighted by Gasteiger charge is -2.13. The number of hydrogen-bond donors (Lipinski definition) is 2. The number of aromatic nitrogens is 1. The van der Waals surface area contributed by atoms with Crippen LogP contribution < -0.4 is 10.6 Å². The van der Waals surface area contributed by atoms with Crippen molar-refractivity contribution in [3.63, 3.8) is 0 Å². The number of aryl methyl sites for hydroxylation is 1. The first kappa shape index (κ1) is 16.6. The second kappa shape index (κ2) is 7.13. The van der Waals surface area contributed by atoms with Gasteiger partial charge in [0.15, 0.2) is 0 Å².